The quantitative estimate of drug-likeness (QED) is 0.897. The van der Waals surface area contributed by atoms with Gasteiger partial charge in [-0.3, -0.25) is 4.79 Å². The molecule has 6 heteroatoms. The van der Waals surface area contributed by atoms with Gasteiger partial charge in [-0.05, 0) is 37.0 Å². The minimum atomic E-state index is -0.870. The molecule has 1 heterocycles. The maximum atomic E-state index is 13.5. The van der Waals surface area contributed by atoms with Crippen molar-refractivity contribution in [3.05, 3.63) is 35.4 Å². The summed E-state index contributed by atoms with van der Waals surface area (Å²) in [7, 11) is 1.56. The molecule has 0 radical (unpaired) electrons. The summed E-state index contributed by atoms with van der Waals surface area (Å²) in [5.74, 6) is -1.49. The molecule has 4 nitrogen and oxygen atoms in total. The van der Waals surface area contributed by atoms with E-state index in [1.165, 1.54) is 6.07 Å². The second-order valence-corrected chi connectivity index (χ2v) is 6.58. The average Bonchev–Trinajstić information content (AvgIpc) is 3.04. The smallest absolute Gasteiger partial charge is 0.222 e. The third-order valence-electron chi connectivity index (χ3n) is 5.02. The zero-order valence-corrected chi connectivity index (χ0v) is 13.8. The summed E-state index contributed by atoms with van der Waals surface area (Å²) >= 11 is 0. The van der Waals surface area contributed by atoms with Gasteiger partial charge < -0.3 is 14.8 Å². The van der Waals surface area contributed by atoms with Crippen molar-refractivity contribution in [1.29, 1.82) is 0 Å². The lowest BCUT2D eigenvalue weighted by atomic mass is 9.86. The first-order valence-electron chi connectivity index (χ1n) is 8.47. The molecule has 24 heavy (non-hydrogen) atoms. The molecular formula is C18H23F2NO3. The summed E-state index contributed by atoms with van der Waals surface area (Å²) in [6.07, 6.45) is 3.65. The molecule has 1 aliphatic heterocycles. The van der Waals surface area contributed by atoms with Crippen LogP contribution < -0.4 is 5.32 Å². The lowest BCUT2D eigenvalue weighted by Crippen LogP contribution is -2.48. The standard InChI is InChI=1S/C18H23F2NO3/c1-23-8-7-18(22)21-15-10-17(24-16-4-2-3-12(15)16)11-5-6-13(19)14(20)9-11/h5-6,9,12,15-17H,2-4,7-8,10H2,1H3,(H,21,22)/t12-,15+,16+,17+/m0/s1. The van der Waals surface area contributed by atoms with E-state index in [0.29, 0.717) is 25.0 Å². The molecule has 0 spiro atoms. The number of carbonyl (C=O) groups is 1. The zero-order valence-electron chi connectivity index (χ0n) is 13.8. The van der Waals surface area contributed by atoms with E-state index in [1.807, 2.05) is 0 Å². The molecule has 132 valence electrons. The van der Waals surface area contributed by atoms with Crippen LogP contribution in [0.5, 0.6) is 0 Å². The van der Waals surface area contributed by atoms with Gasteiger partial charge in [-0.15, -0.1) is 0 Å². The second kappa shape index (κ2) is 7.57. The normalized spacial score (nSPS) is 29.3. The Balaban J connectivity index is 1.73. The Kier molecular flexibility index (Phi) is 5.46. The summed E-state index contributed by atoms with van der Waals surface area (Å²) < 4.78 is 37.8. The molecule has 2 fully saturated rings. The number of amides is 1. The summed E-state index contributed by atoms with van der Waals surface area (Å²) in [4.78, 5) is 12.1. The lowest BCUT2D eigenvalue weighted by Gasteiger charge is -2.39. The van der Waals surface area contributed by atoms with E-state index in [0.717, 1.165) is 25.3 Å². The van der Waals surface area contributed by atoms with Crippen LogP contribution in [0.25, 0.3) is 0 Å². The van der Waals surface area contributed by atoms with E-state index in [9.17, 15) is 13.6 Å². The van der Waals surface area contributed by atoms with E-state index >= 15 is 0 Å². The van der Waals surface area contributed by atoms with Crippen LogP contribution in [0.4, 0.5) is 8.78 Å². The van der Waals surface area contributed by atoms with Crippen LogP contribution in [-0.2, 0) is 14.3 Å². The van der Waals surface area contributed by atoms with Crippen LogP contribution in [0.15, 0.2) is 18.2 Å². The third kappa shape index (κ3) is 3.75. The molecule has 1 aromatic carbocycles. The van der Waals surface area contributed by atoms with Gasteiger partial charge in [-0.2, -0.15) is 0 Å². The maximum Gasteiger partial charge on any atom is 0.222 e. The van der Waals surface area contributed by atoms with Crippen LogP contribution in [0.2, 0.25) is 0 Å². The second-order valence-electron chi connectivity index (χ2n) is 6.58. The van der Waals surface area contributed by atoms with Gasteiger partial charge in [-0.25, -0.2) is 8.78 Å². The highest BCUT2D eigenvalue weighted by molar-refractivity contribution is 5.76. The average molecular weight is 339 g/mol. The lowest BCUT2D eigenvalue weighted by molar-refractivity contribution is -0.127. The highest BCUT2D eigenvalue weighted by Crippen LogP contribution is 2.42. The molecule has 1 N–H and O–H groups in total. The van der Waals surface area contributed by atoms with Crippen molar-refractivity contribution in [1.82, 2.24) is 5.32 Å². The molecule has 1 saturated heterocycles. The highest BCUT2D eigenvalue weighted by Gasteiger charge is 2.42. The number of rotatable bonds is 5. The fourth-order valence-corrected chi connectivity index (χ4v) is 3.82. The van der Waals surface area contributed by atoms with Gasteiger partial charge in [0.15, 0.2) is 11.6 Å². The molecule has 4 atom stereocenters. The molecule has 1 amide bonds. The molecule has 2 aliphatic rings. The predicted molar refractivity (Wildman–Crippen MR) is 84.4 cm³/mol. The maximum absolute atomic E-state index is 13.5. The van der Waals surface area contributed by atoms with Crippen molar-refractivity contribution in [3.63, 3.8) is 0 Å². The van der Waals surface area contributed by atoms with Crippen LogP contribution >= 0.6 is 0 Å². The first-order chi connectivity index (χ1) is 11.6. The van der Waals surface area contributed by atoms with Gasteiger partial charge in [0.1, 0.15) is 0 Å². The van der Waals surface area contributed by atoms with E-state index in [1.54, 1.807) is 13.2 Å². The largest absolute Gasteiger partial charge is 0.384 e. The van der Waals surface area contributed by atoms with Crippen molar-refractivity contribution in [2.75, 3.05) is 13.7 Å². The molecule has 3 rings (SSSR count). The van der Waals surface area contributed by atoms with Crippen molar-refractivity contribution < 1.29 is 23.0 Å². The summed E-state index contributed by atoms with van der Waals surface area (Å²) in [5, 5.41) is 3.08. The summed E-state index contributed by atoms with van der Waals surface area (Å²) in [6, 6.07) is 3.87. The van der Waals surface area contributed by atoms with Crippen molar-refractivity contribution in [3.8, 4) is 0 Å². The van der Waals surface area contributed by atoms with Crippen LogP contribution in [0.3, 0.4) is 0 Å². The Morgan fingerprint density at radius 3 is 2.92 bits per heavy atom. The number of ether oxygens (including phenoxy) is 2. The SMILES string of the molecule is COCCC(=O)N[C@@H]1C[C@H](c2ccc(F)c(F)c2)O[C@@H]2CCC[C@@H]12. The van der Waals surface area contributed by atoms with E-state index in [2.05, 4.69) is 5.32 Å². The van der Waals surface area contributed by atoms with E-state index in [-0.39, 0.29) is 30.1 Å². The third-order valence-corrected chi connectivity index (χ3v) is 5.02. The minimum Gasteiger partial charge on any atom is -0.384 e. The first-order valence-corrected chi connectivity index (χ1v) is 8.47. The predicted octanol–water partition coefficient (Wildman–Crippen LogP) is 3.12. The molecule has 1 aliphatic carbocycles. The van der Waals surface area contributed by atoms with Crippen molar-refractivity contribution in [2.45, 2.75) is 50.4 Å². The van der Waals surface area contributed by atoms with Crippen LogP contribution in [0, 0.1) is 17.6 Å². The number of carbonyl (C=O) groups excluding carboxylic acids is 1. The van der Waals surface area contributed by atoms with E-state index < -0.39 is 11.6 Å². The molecule has 0 unspecified atom stereocenters. The van der Waals surface area contributed by atoms with Gasteiger partial charge in [0.2, 0.25) is 5.91 Å². The molecular weight excluding hydrogens is 316 g/mol. The topological polar surface area (TPSA) is 47.6 Å². The number of hydrogen-bond acceptors (Lipinski definition) is 3. The van der Waals surface area contributed by atoms with Gasteiger partial charge in [0, 0.05) is 25.5 Å². The van der Waals surface area contributed by atoms with E-state index in [4.69, 9.17) is 9.47 Å². The number of benzene rings is 1. The number of nitrogens with one attached hydrogen (secondary N) is 1. The molecule has 1 saturated carbocycles. The molecule has 0 aromatic heterocycles. The Labute approximate surface area is 140 Å². The first kappa shape index (κ1) is 17.3. The van der Waals surface area contributed by atoms with Gasteiger partial charge in [-0.1, -0.05) is 12.5 Å². The fraction of sp³-hybridized carbons (Fsp3) is 0.611. The van der Waals surface area contributed by atoms with Gasteiger partial charge >= 0.3 is 0 Å². The molecule has 0 bridgehead atoms. The Morgan fingerprint density at radius 1 is 1.33 bits per heavy atom. The van der Waals surface area contributed by atoms with Gasteiger partial charge in [0.05, 0.1) is 18.8 Å². The Bertz CT molecular complexity index is 596. The monoisotopic (exact) mass is 339 g/mol. The number of hydrogen-bond donors (Lipinski definition) is 1. The number of fused-ring (bicyclic) bond motifs is 1. The highest BCUT2D eigenvalue weighted by atomic mass is 19.2. The number of methoxy groups -OCH3 is 1. The fourth-order valence-electron chi connectivity index (χ4n) is 3.82. The Morgan fingerprint density at radius 2 is 2.17 bits per heavy atom. The van der Waals surface area contributed by atoms with Crippen LogP contribution in [0.1, 0.15) is 43.8 Å². The molecule has 1 aromatic rings. The summed E-state index contributed by atoms with van der Waals surface area (Å²) in [5.41, 5.74) is 0.621. The Hall–Kier alpha value is -1.53. The minimum absolute atomic E-state index is 0.00581. The van der Waals surface area contributed by atoms with Crippen LogP contribution in [-0.4, -0.2) is 31.8 Å². The van der Waals surface area contributed by atoms with Crippen molar-refractivity contribution >= 4 is 5.91 Å². The van der Waals surface area contributed by atoms with Crippen molar-refractivity contribution in [2.24, 2.45) is 5.92 Å². The number of halogens is 2. The zero-order chi connectivity index (χ0) is 17.1. The summed E-state index contributed by atoms with van der Waals surface area (Å²) in [6.45, 7) is 0.385. The van der Waals surface area contributed by atoms with Gasteiger partial charge in [0.25, 0.3) is 0 Å².